The zero-order chi connectivity index (χ0) is 27.4. The Kier molecular flexibility index (Phi) is 11.8. The maximum Gasteiger partial charge on any atom is 0.438 e. The predicted molar refractivity (Wildman–Crippen MR) is 135 cm³/mol. The SMILES string of the molecule is CCCC(CCC(=O)Oc1c(I)cc(I)cc1I)C(=O)OC(CS(=O)(=O)O)(C(F)(F)F)C(F)(F)F. The minimum Gasteiger partial charge on any atom is -0.438 e. The van der Waals surface area contributed by atoms with Gasteiger partial charge >= 0.3 is 29.9 Å². The summed E-state index contributed by atoms with van der Waals surface area (Å²) in [7, 11) is -5.90. The Hall–Kier alpha value is -0.160. The zero-order valence-corrected chi connectivity index (χ0v) is 24.8. The molecule has 0 radical (unpaired) electrons. The molecule has 1 atom stereocenters. The van der Waals surface area contributed by atoms with Crippen LogP contribution in [0.3, 0.4) is 0 Å². The van der Waals surface area contributed by atoms with Crippen molar-refractivity contribution in [3.05, 3.63) is 22.8 Å². The van der Waals surface area contributed by atoms with Gasteiger partial charge in [0.05, 0.1) is 13.1 Å². The molecule has 17 heteroatoms. The molecule has 0 aliphatic carbocycles. The standard InChI is InChI=1S/C18H17F6I3O7S/c1-2-3-9(4-5-13(28)33-14-11(26)6-10(25)7-12(14)27)15(29)34-16(17(19,20)21,18(22,23)24)8-35(30,31)32/h6-7,9H,2-5,8H2,1H3,(H,30,31,32). The lowest BCUT2D eigenvalue weighted by Gasteiger charge is -2.36. The number of carbonyl (C=O) groups is 2. The van der Waals surface area contributed by atoms with Gasteiger partial charge < -0.3 is 9.47 Å². The van der Waals surface area contributed by atoms with E-state index < -0.39 is 64.5 Å². The molecule has 0 amide bonds. The Morgan fingerprint density at radius 2 is 1.49 bits per heavy atom. The first-order chi connectivity index (χ1) is 15.7. The fourth-order valence-electron chi connectivity index (χ4n) is 2.79. The van der Waals surface area contributed by atoms with Crippen LogP contribution in [0.2, 0.25) is 0 Å². The Labute approximate surface area is 237 Å². The van der Waals surface area contributed by atoms with Gasteiger partial charge in [0.1, 0.15) is 5.75 Å². The maximum atomic E-state index is 13.4. The molecule has 0 bridgehead atoms. The summed E-state index contributed by atoms with van der Waals surface area (Å²) in [5.74, 6) is -7.30. The number of halogens is 9. The highest BCUT2D eigenvalue weighted by atomic mass is 127. The van der Waals surface area contributed by atoms with E-state index in [0.29, 0.717) is 7.14 Å². The fraction of sp³-hybridized carbons (Fsp3) is 0.556. The van der Waals surface area contributed by atoms with E-state index in [-0.39, 0.29) is 18.6 Å². The normalized spacial score (nSPS) is 13.9. The van der Waals surface area contributed by atoms with Crippen molar-refractivity contribution in [2.75, 3.05) is 5.75 Å². The number of rotatable bonds is 10. The molecule has 35 heavy (non-hydrogen) atoms. The van der Waals surface area contributed by atoms with Crippen LogP contribution in [0.5, 0.6) is 5.75 Å². The summed E-state index contributed by atoms with van der Waals surface area (Å²) in [6, 6.07) is 3.40. The van der Waals surface area contributed by atoms with Gasteiger partial charge in [0.25, 0.3) is 10.1 Å². The molecule has 0 saturated carbocycles. The van der Waals surface area contributed by atoms with Crippen molar-refractivity contribution in [1.29, 1.82) is 0 Å². The van der Waals surface area contributed by atoms with Crippen molar-refractivity contribution in [2.45, 2.75) is 50.6 Å². The summed E-state index contributed by atoms with van der Waals surface area (Å²) in [5.41, 5.74) is -5.50. The fourth-order valence-corrected chi connectivity index (χ4v) is 7.50. The van der Waals surface area contributed by atoms with Crippen molar-refractivity contribution in [3.63, 3.8) is 0 Å². The lowest BCUT2D eigenvalue weighted by molar-refractivity contribution is -0.362. The second-order valence-electron chi connectivity index (χ2n) is 7.17. The van der Waals surface area contributed by atoms with Crippen molar-refractivity contribution >= 4 is 89.8 Å². The topological polar surface area (TPSA) is 107 Å². The Morgan fingerprint density at radius 1 is 1.00 bits per heavy atom. The van der Waals surface area contributed by atoms with Gasteiger partial charge in [-0.25, -0.2) is 0 Å². The molecule has 1 N–H and O–H groups in total. The minimum atomic E-state index is -6.43. The van der Waals surface area contributed by atoms with E-state index in [9.17, 15) is 44.3 Å². The van der Waals surface area contributed by atoms with E-state index in [1.807, 2.05) is 67.8 Å². The first kappa shape index (κ1) is 32.9. The molecule has 0 fully saturated rings. The number of hydrogen-bond donors (Lipinski definition) is 1. The number of alkyl halides is 6. The third-order valence-electron chi connectivity index (χ3n) is 4.42. The van der Waals surface area contributed by atoms with E-state index in [0.717, 1.165) is 3.57 Å². The second-order valence-corrected chi connectivity index (χ2v) is 12.2. The van der Waals surface area contributed by atoms with E-state index in [4.69, 9.17) is 9.29 Å². The number of esters is 2. The Bertz CT molecular complexity index is 1010. The Balaban J connectivity index is 3.14. The molecule has 1 aromatic carbocycles. The monoisotopic (exact) mass is 872 g/mol. The first-order valence-electron chi connectivity index (χ1n) is 9.40. The molecule has 7 nitrogen and oxygen atoms in total. The molecule has 1 aromatic rings. The van der Waals surface area contributed by atoms with Gasteiger partial charge in [0.2, 0.25) is 0 Å². The maximum absolute atomic E-state index is 13.4. The van der Waals surface area contributed by atoms with E-state index in [1.165, 1.54) is 6.92 Å². The molecule has 0 aliphatic heterocycles. The van der Waals surface area contributed by atoms with Crippen molar-refractivity contribution in [1.82, 2.24) is 0 Å². The largest absolute Gasteiger partial charge is 0.438 e. The van der Waals surface area contributed by atoms with Crippen molar-refractivity contribution in [3.8, 4) is 5.75 Å². The van der Waals surface area contributed by atoms with Gasteiger partial charge in [-0.3, -0.25) is 14.1 Å². The number of hydrogen-bond acceptors (Lipinski definition) is 6. The van der Waals surface area contributed by atoms with E-state index in [2.05, 4.69) is 4.74 Å². The number of ether oxygens (including phenoxy) is 2. The smallest absolute Gasteiger partial charge is 0.438 e. The second kappa shape index (κ2) is 12.6. The molecule has 200 valence electrons. The van der Waals surface area contributed by atoms with Crippen LogP contribution in [-0.2, 0) is 24.4 Å². The lowest BCUT2D eigenvalue weighted by Crippen LogP contribution is -2.63. The highest BCUT2D eigenvalue weighted by Gasteiger charge is 2.76. The van der Waals surface area contributed by atoms with Crippen LogP contribution in [0.1, 0.15) is 32.6 Å². The summed E-state index contributed by atoms with van der Waals surface area (Å²) in [6.45, 7) is 1.48. The quantitative estimate of drug-likeness (QED) is 0.103. The van der Waals surface area contributed by atoms with Crippen LogP contribution in [0.25, 0.3) is 0 Å². The summed E-state index contributed by atoms with van der Waals surface area (Å²) in [4.78, 5) is 24.7. The number of benzene rings is 1. The van der Waals surface area contributed by atoms with Gasteiger partial charge in [-0.05, 0) is 92.7 Å². The Morgan fingerprint density at radius 3 is 1.89 bits per heavy atom. The molecule has 0 spiro atoms. The zero-order valence-electron chi connectivity index (χ0n) is 17.5. The average Bonchev–Trinajstić information content (AvgIpc) is 2.64. The average molecular weight is 872 g/mol. The van der Waals surface area contributed by atoms with Crippen LogP contribution in [0.4, 0.5) is 26.3 Å². The molecule has 0 aliphatic rings. The summed E-state index contributed by atoms with van der Waals surface area (Å²) in [6.07, 6.45) is -14.1. The molecule has 0 heterocycles. The highest BCUT2D eigenvalue weighted by Crippen LogP contribution is 2.47. The highest BCUT2D eigenvalue weighted by molar-refractivity contribution is 14.1. The third-order valence-corrected chi connectivity index (χ3v) is 7.42. The minimum absolute atomic E-state index is 0.116. The van der Waals surface area contributed by atoms with Crippen LogP contribution in [-0.4, -0.2) is 48.6 Å². The van der Waals surface area contributed by atoms with E-state index >= 15 is 0 Å². The van der Waals surface area contributed by atoms with Crippen LogP contribution in [0, 0.1) is 16.6 Å². The van der Waals surface area contributed by atoms with Crippen molar-refractivity contribution < 1.29 is 58.4 Å². The lowest BCUT2D eigenvalue weighted by atomic mass is 9.97. The molecule has 1 unspecified atom stereocenters. The van der Waals surface area contributed by atoms with E-state index in [1.54, 1.807) is 12.1 Å². The molecule has 0 saturated heterocycles. The molecular weight excluding hydrogens is 855 g/mol. The van der Waals surface area contributed by atoms with Gasteiger partial charge in [0, 0.05) is 9.99 Å². The van der Waals surface area contributed by atoms with Crippen molar-refractivity contribution in [2.24, 2.45) is 5.92 Å². The van der Waals surface area contributed by atoms with Gasteiger partial charge in [-0.2, -0.15) is 34.8 Å². The van der Waals surface area contributed by atoms with Crippen LogP contribution in [0.15, 0.2) is 12.1 Å². The van der Waals surface area contributed by atoms with Gasteiger partial charge in [-0.15, -0.1) is 0 Å². The molecular formula is C18H17F6I3O7S. The van der Waals surface area contributed by atoms with Crippen LogP contribution < -0.4 is 4.74 Å². The van der Waals surface area contributed by atoms with Gasteiger partial charge in [0.15, 0.2) is 5.75 Å². The summed E-state index contributed by atoms with van der Waals surface area (Å²) in [5, 5.41) is 0. The summed E-state index contributed by atoms with van der Waals surface area (Å²) < 4.78 is 122. The molecule has 1 rings (SSSR count). The first-order valence-corrected chi connectivity index (χ1v) is 14.2. The summed E-state index contributed by atoms with van der Waals surface area (Å²) >= 11 is 5.85. The number of carbonyl (C=O) groups excluding carboxylic acids is 2. The predicted octanol–water partition coefficient (Wildman–Crippen LogP) is 5.90. The van der Waals surface area contributed by atoms with Gasteiger partial charge in [-0.1, -0.05) is 13.3 Å². The third kappa shape index (κ3) is 9.27. The van der Waals surface area contributed by atoms with Crippen LogP contribution >= 0.6 is 67.8 Å². The molecule has 0 aromatic heterocycles.